The topological polar surface area (TPSA) is 26.3 Å². The Kier molecular flexibility index (Phi) is 5.39. The zero-order chi connectivity index (χ0) is 13.6. The van der Waals surface area contributed by atoms with Gasteiger partial charge in [-0.2, -0.15) is 0 Å². The lowest BCUT2D eigenvalue weighted by Gasteiger charge is -2.19. The number of carbonyl (C=O) groups excluding carboxylic acids is 1. The van der Waals surface area contributed by atoms with Crippen LogP contribution >= 0.6 is 0 Å². The average Bonchev–Trinajstić information content (AvgIpc) is 2.27. The van der Waals surface area contributed by atoms with Crippen molar-refractivity contribution in [1.82, 2.24) is 0 Å². The zero-order valence-corrected chi connectivity index (χ0v) is 11.9. The van der Waals surface area contributed by atoms with Crippen LogP contribution in [0.15, 0.2) is 30.3 Å². The van der Waals surface area contributed by atoms with E-state index < -0.39 is 0 Å². The van der Waals surface area contributed by atoms with Crippen molar-refractivity contribution in [2.75, 3.05) is 0 Å². The van der Waals surface area contributed by atoms with Crippen molar-refractivity contribution in [1.29, 1.82) is 0 Å². The van der Waals surface area contributed by atoms with Crippen LogP contribution < -0.4 is 0 Å². The van der Waals surface area contributed by atoms with E-state index in [-0.39, 0.29) is 11.6 Å². The molecule has 0 radical (unpaired) electrons. The summed E-state index contributed by atoms with van der Waals surface area (Å²) >= 11 is 0. The molecule has 1 aromatic rings. The van der Waals surface area contributed by atoms with E-state index in [1.54, 1.807) is 0 Å². The van der Waals surface area contributed by atoms with E-state index in [9.17, 15) is 4.79 Å². The van der Waals surface area contributed by atoms with Gasteiger partial charge in [-0.05, 0) is 45.1 Å². The first kappa shape index (κ1) is 14.7. The highest BCUT2D eigenvalue weighted by Crippen LogP contribution is 2.21. The summed E-state index contributed by atoms with van der Waals surface area (Å²) in [5.74, 6) is 0.399. The van der Waals surface area contributed by atoms with Gasteiger partial charge in [0.05, 0.1) is 0 Å². The predicted octanol–water partition coefficient (Wildman–Crippen LogP) is 4.30. The molecular weight excluding hydrogens is 224 g/mol. The molecule has 0 spiro atoms. The van der Waals surface area contributed by atoms with Gasteiger partial charge in [-0.3, -0.25) is 4.79 Å². The maximum Gasteiger partial charge on any atom is 0.306 e. The molecule has 100 valence electrons. The molecule has 2 nitrogen and oxygen atoms in total. The predicted molar refractivity (Wildman–Crippen MR) is 74.6 cm³/mol. The van der Waals surface area contributed by atoms with Crippen LogP contribution in [-0.4, -0.2) is 11.6 Å². The lowest BCUT2D eigenvalue weighted by Crippen LogP contribution is -2.23. The molecule has 18 heavy (non-hydrogen) atoms. The van der Waals surface area contributed by atoms with Crippen molar-refractivity contribution in [2.24, 2.45) is 0 Å². The van der Waals surface area contributed by atoms with Gasteiger partial charge in [0.25, 0.3) is 0 Å². The summed E-state index contributed by atoms with van der Waals surface area (Å²) in [6, 6.07) is 10.4. The van der Waals surface area contributed by atoms with Gasteiger partial charge in [-0.25, -0.2) is 0 Å². The molecule has 0 aromatic heterocycles. The molecule has 0 aliphatic heterocycles. The summed E-state index contributed by atoms with van der Waals surface area (Å²) in [5, 5.41) is 0. The van der Waals surface area contributed by atoms with Gasteiger partial charge in [-0.1, -0.05) is 37.3 Å². The van der Waals surface area contributed by atoms with Gasteiger partial charge in [-0.15, -0.1) is 0 Å². The molecule has 0 saturated carbocycles. The number of ether oxygens (including phenoxy) is 1. The molecular formula is C16H24O2. The molecule has 0 N–H and O–H groups in total. The van der Waals surface area contributed by atoms with Crippen LogP contribution in [0.3, 0.4) is 0 Å². The van der Waals surface area contributed by atoms with Gasteiger partial charge in [0.1, 0.15) is 5.60 Å². The van der Waals surface area contributed by atoms with Crippen molar-refractivity contribution in [3.8, 4) is 0 Å². The first-order chi connectivity index (χ1) is 8.38. The quantitative estimate of drug-likeness (QED) is 0.726. The average molecular weight is 248 g/mol. The van der Waals surface area contributed by atoms with E-state index in [0.717, 1.165) is 12.8 Å². The van der Waals surface area contributed by atoms with Crippen molar-refractivity contribution >= 4 is 5.97 Å². The molecule has 1 atom stereocenters. The number of esters is 1. The second-order valence-corrected chi connectivity index (χ2v) is 5.79. The molecule has 2 heteroatoms. The summed E-state index contributed by atoms with van der Waals surface area (Å²) in [7, 11) is 0. The second-order valence-electron chi connectivity index (χ2n) is 5.79. The molecule has 0 aliphatic rings. The lowest BCUT2D eigenvalue weighted by molar-refractivity contribution is -0.154. The number of benzene rings is 1. The van der Waals surface area contributed by atoms with E-state index in [0.29, 0.717) is 12.3 Å². The third-order valence-corrected chi connectivity index (χ3v) is 2.81. The van der Waals surface area contributed by atoms with Crippen LogP contribution in [0.1, 0.15) is 58.4 Å². The molecule has 1 aromatic carbocycles. The highest BCUT2D eigenvalue weighted by Gasteiger charge is 2.16. The highest BCUT2D eigenvalue weighted by atomic mass is 16.6. The van der Waals surface area contributed by atoms with Crippen LogP contribution in [-0.2, 0) is 9.53 Å². The third-order valence-electron chi connectivity index (χ3n) is 2.81. The normalized spacial score (nSPS) is 13.1. The summed E-state index contributed by atoms with van der Waals surface area (Å²) < 4.78 is 5.29. The van der Waals surface area contributed by atoms with Crippen molar-refractivity contribution < 1.29 is 9.53 Å². The van der Waals surface area contributed by atoms with Gasteiger partial charge in [0.2, 0.25) is 0 Å². The van der Waals surface area contributed by atoms with Crippen LogP contribution in [0.25, 0.3) is 0 Å². The Labute approximate surface area is 110 Å². The summed E-state index contributed by atoms with van der Waals surface area (Å²) in [6.45, 7) is 7.90. The first-order valence-electron chi connectivity index (χ1n) is 6.65. The largest absolute Gasteiger partial charge is 0.460 e. The number of carbonyl (C=O) groups is 1. The Morgan fingerprint density at radius 1 is 1.22 bits per heavy atom. The summed E-state index contributed by atoms with van der Waals surface area (Å²) in [6.07, 6.45) is 2.41. The maximum atomic E-state index is 11.6. The standard InChI is InChI=1S/C16H24O2/c1-13(14-10-6-5-7-11-14)9-8-12-15(17)18-16(2,3)4/h5-7,10-11,13H,8-9,12H2,1-4H3. The van der Waals surface area contributed by atoms with Crippen LogP contribution in [0.2, 0.25) is 0 Å². The molecule has 0 aliphatic carbocycles. The highest BCUT2D eigenvalue weighted by molar-refractivity contribution is 5.69. The smallest absolute Gasteiger partial charge is 0.306 e. The van der Waals surface area contributed by atoms with E-state index in [1.165, 1.54) is 5.56 Å². The van der Waals surface area contributed by atoms with Crippen LogP contribution in [0.5, 0.6) is 0 Å². The SMILES string of the molecule is CC(CCCC(=O)OC(C)(C)C)c1ccccc1. The molecule has 0 saturated heterocycles. The monoisotopic (exact) mass is 248 g/mol. The van der Waals surface area contributed by atoms with E-state index in [4.69, 9.17) is 4.74 Å². The number of hydrogen-bond donors (Lipinski definition) is 0. The Morgan fingerprint density at radius 3 is 2.39 bits per heavy atom. The molecule has 1 rings (SSSR count). The molecule has 0 heterocycles. The number of rotatable bonds is 5. The molecule has 1 unspecified atom stereocenters. The number of hydrogen-bond acceptors (Lipinski definition) is 2. The maximum absolute atomic E-state index is 11.6. The molecule has 0 amide bonds. The van der Waals surface area contributed by atoms with Crippen LogP contribution in [0.4, 0.5) is 0 Å². The van der Waals surface area contributed by atoms with E-state index in [1.807, 2.05) is 26.8 Å². The Hall–Kier alpha value is -1.31. The summed E-state index contributed by atoms with van der Waals surface area (Å²) in [4.78, 5) is 11.6. The Bertz CT molecular complexity index is 362. The Morgan fingerprint density at radius 2 is 1.83 bits per heavy atom. The van der Waals surface area contributed by atoms with Gasteiger partial charge >= 0.3 is 5.97 Å². The van der Waals surface area contributed by atoms with Crippen LogP contribution in [0, 0.1) is 0 Å². The minimum atomic E-state index is -0.373. The van der Waals surface area contributed by atoms with Gasteiger partial charge in [0.15, 0.2) is 0 Å². The fraction of sp³-hybridized carbons (Fsp3) is 0.562. The fourth-order valence-corrected chi connectivity index (χ4v) is 1.89. The van der Waals surface area contributed by atoms with Crippen molar-refractivity contribution in [3.63, 3.8) is 0 Å². The third kappa shape index (κ3) is 5.85. The molecule has 0 bridgehead atoms. The van der Waals surface area contributed by atoms with Gasteiger partial charge in [0, 0.05) is 6.42 Å². The zero-order valence-electron chi connectivity index (χ0n) is 11.9. The second kappa shape index (κ2) is 6.58. The Balaban J connectivity index is 2.28. The minimum absolute atomic E-state index is 0.0947. The van der Waals surface area contributed by atoms with E-state index >= 15 is 0 Å². The van der Waals surface area contributed by atoms with E-state index in [2.05, 4.69) is 31.2 Å². The van der Waals surface area contributed by atoms with Gasteiger partial charge < -0.3 is 4.74 Å². The fourth-order valence-electron chi connectivity index (χ4n) is 1.89. The summed E-state index contributed by atoms with van der Waals surface area (Å²) in [5.41, 5.74) is 0.962. The minimum Gasteiger partial charge on any atom is -0.460 e. The molecule has 0 fully saturated rings. The lowest BCUT2D eigenvalue weighted by atomic mass is 9.95. The van der Waals surface area contributed by atoms with Crippen molar-refractivity contribution in [2.45, 2.75) is 58.5 Å². The first-order valence-corrected chi connectivity index (χ1v) is 6.65. The van der Waals surface area contributed by atoms with Crippen molar-refractivity contribution in [3.05, 3.63) is 35.9 Å².